The lowest BCUT2D eigenvalue weighted by atomic mass is 9.70. The third-order valence-electron chi connectivity index (χ3n) is 6.63. The van der Waals surface area contributed by atoms with E-state index in [1.165, 1.54) is 0 Å². The maximum Gasteiger partial charge on any atom is 0.233 e. The van der Waals surface area contributed by atoms with Crippen molar-refractivity contribution in [3.63, 3.8) is 0 Å². The molecule has 2 atom stereocenters. The van der Waals surface area contributed by atoms with E-state index in [0.29, 0.717) is 24.4 Å². The van der Waals surface area contributed by atoms with Gasteiger partial charge in [-0.2, -0.15) is 0 Å². The maximum absolute atomic E-state index is 13.0. The number of anilines is 1. The van der Waals surface area contributed by atoms with Crippen LogP contribution in [0.3, 0.4) is 0 Å². The second-order valence-electron chi connectivity index (χ2n) is 8.05. The largest absolute Gasteiger partial charge is 0.299 e. The van der Waals surface area contributed by atoms with Gasteiger partial charge in [-0.1, -0.05) is 50.2 Å². The van der Waals surface area contributed by atoms with Crippen LogP contribution in [0.5, 0.6) is 0 Å². The number of fused-ring (bicyclic) bond motifs is 3. The number of carbonyl (C=O) groups is 1. The zero-order valence-electron chi connectivity index (χ0n) is 14.6. The van der Waals surface area contributed by atoms with E-state index in [2.05, 4.69) is 18.6 Å². The Labute approximate surface area is 148 Å². The van der Waals surface area contributed by atoms with Gasteiger partial charge in [0.2, 0.25) is 10.0 Å². The molecule has 0 aromatic heterocycles. The van der Waals surface area contributed by atoms with Gasteiger partial charge in [-0.25, -0.2) is 8.42 Å². The van der Waals surface area contributed by atoms with E-state index < -0.39 is 15.4 Å². The first kappa shape index (κ1) is 16.6. The minimum Gasteiger partial charge on any atom is -0.299 e. The minimum absolute atomic E-state index is 0.119. The molecule has 0 heterocycles. The van der Waals surface area contributed by atoms with Crippen molar-refractivity contribution in [3.8, 4) is 0 Å². The molecule has 1 N–H and O–H groups in total. The molecule has 0 aliphatic heterocycles. The van der Waals surface area contributed by atoms with Crippen molar-refractivity contribution >= 4 is 32.3 Å². The van der Waals surface area contributed by atoms with Gasteiger partial charge in [-0.3, -0.25) is 9.52 Å². The Hall–Kier alpha value is -1.88. The molecule has 0 spiro atoms. The first-order valence-corrected chi connectivity index (χ1v) is 10.4. The SMILES string of the molecule is CC1(C)[C@H]2CC[C@@]1(CS(=O)(=O)Nc1cccc3ccccc13)C(=O)C2. The van der Waals surface area contributed by atoms with E-state index in [-0.39, 0.29) is 17.0 Å². The molecule has 2 aromatic carbocycles. The second kappa shape index (κ2) is 5.31. The van der Waals surface area contributed by atoms with Gasteiger partial charge < -0.3 is 0 Å². The van der Waals surface area contributed by atoms with Crippen LogP contribution >= 0.6 is 0 Å². The van der Waals surface area contributed by atoms with E-state index in [4.69, 9.17) is 0 Å². The number of sulfonamides is 1. The van der Waals surface area contributed by atoms with Crippen LogP contribution in [0.2, 0.25) is 0 Å². The number of hydrogen-bond donors (Lipinski definition) is 1. The standard InChI is InChI=1S/C20H23NO3S/c1-19(2)15-10-11-20(19,18(22)12-15)13-25(23,24)21-17-9-5-7-14-6-3-4-8-16(14)17/h3-9,15,21H,10-13H2,1-2H3/t15-,20+/m0/s1. The highest BCUT2D eigenvalue weighted by atomic mass is 32.2. The van der Waals surface area contributed by atoms with Crippen LogP contribution in [-0.4, -0.2) is 20.0 Å². The molecule has 2 aliphatic rings. The van der Waals surface area contributed by atoms with Gasteiger partial charge in [-0.05, 0) is 35.6 Å². The van der Waals surface area contributed by atoms with Crippen molar-refractivity contribution in [2.24, 2.45) is 16.7 Å². The molecule has 2 saturated carbocycles. The number of rotatable bonds is 4. The monoisotopic (exact) mass is 357 g/mol. The molecule has 0 unspecified atom stereocenters. The van der Waals surface area contributed by atoms with Crippen molar-refractivity contribution in [3.05, 3.63) is 42.5 Å². The Morgan fingerprint density at radius 1 is 1.12 bits per heavy atom. The number of benzene rings is 2. The van der Waals surface area contributed by atoms with Gasteiger partial charge in [0.1, 0.15) is 5.78 Å². The molecule has 2 aliphatic carbocycles. The summed E-state index contributed by atoms with van der Waals surface area (Å²) in [6.07, 6.45) is 2.15. The van der Waals surface area contributed by atoms with Gasteiger partial charge in [0, 0.05) is 11.8 Å². The smallest absolute Gasteiger partial charge is 0.233 e. The van der Waals surface area contributed by atoms with Crippen LogP contribution in [0.15, 0.2) is 42.5 Å². The summed E-state index contributed by atoms with van der Waals surface area (Å²) in [7, 11) is -3.63. The van der Waals surface area contributed by atoms with E-state index >= 15 is 0 Å². The quantitative estimate of drug-likeness (QED) is 0.900. The average Bonchev–Trinajstić information content (AvgIpc) is 2.88. The lowest BCUT2D eigenvalue weighted by Gasteiger charge is -2.36. The Morgan fingerprint density at radius 3 is 2.52 bits per heavy atom. The molecule has 5 heteroatoms. The Bertz CT molecular complexity index is 959. The van der Waals surface area contributed by atoms with Gasteiger partial charge in [0.15, 0.2) is 0 Å². The zero-order valence-corrected chi connectivity index (χ0v) is 15.4. The molecule has 0 radical (unpaired) electrons. The number of carbonyl (C=O) groups excluding carboxylic acids is 1. The maximum atomic E-state index is 13.0. The lowest BCUT2D eigenvalue weighted by molar-refractivity contribution is -0.128. The fraction of sp³-hybridized carbons (Fsp3) is 0.450. The zero-order chi connectivity index (χ0) is 17.9. The van der Waals surface area contributed by atoms with E-state index in [1.807, 2.05) is 36.4 Å². The molecule has 0 amide bonds. The summed E-state index contributed by atoms with van der Waals surface area (Å²) in [5.74, 6) is 0.316. The molecular formula is C20H23NO3S. The van der Waals surface area contributed by atoms with Crippen LogP contribution < -0.4 is 4.72 Å². The number of nitrogens with one attached hydrogen (secondary N) is 1. The summed E-state index contributed by atoms with van der Waals surface area (Å²) in [5.41, 5.74) is -0.418. The van der Waals surface area contributed by atoms with Crippen molar-refractivity contribution in [2.75, 3.05) is 10.5 Å². The highest BCUT2D eigenvalue weighted by molar-refractivity contribution is 7.92. The predicted octanol–water partition coefficient (Wildman–Crippen LogP) is 3.98. The highest BCUT2D eigenvalue weighted by Gasteiger charge is 2.65. The summed E-state index contributed by atoms with van der Waals surface area (Å²) >= 11 is 0. The number of hydrogen-bond acceptors (Lipinski definition) is 3. The number of Topliss-reactive ketones (excluding diaryl/α,β-unsaturated/α-hetero) is 1. The molecule has 4 nitrogen and oxygen atoms in total. The topological polar surface area (TPSA) is 63.2 Å². The molecule has 2 fully saturated rings. The Morgan fingerprint density at radius 2 is 1.84 bits per heavy atom. The van der Waals surface area contributed by atoms with E-state index in [1.54, 1.807) is 6.07 Å². The van der Waals surface area contributed by atoms with E-state index in [9.17, 15) is 13.2 Å². The van der Waals surface area contributed by atoms with Crippen LogP contribution in [0.25, 0.3) is 10.8 Å². The number of ketones is 1. The minimum atomic E-state index is -3.63. The van der Waals surface area contributed by atoms with Gasteiger partial charge in [-0.15, -0.1) is 0 Å². The molecule has 2 aromatic rings. The van der Waals surface area contributed by atoms with Gasteiger partial charge >= 0.3 is 0 Å². The van der Waals surface area contributed by atoms with Gasteiger partial charge in [0.05, 0.1) is 16.9 Å². The first-order chi connectivity index (χ1) is 11.8. The third kappa shape index (κ3) is 2.40. The summed E-state index contributed by atoms with van der Waals surface area (Å²) in [4.78, 5) is 12.6. The average molecular weight is 357 g/mol. The molecule has 2 bridgehead atoms. The summed E-state index contributed by atoms with van der Waals surface area (Å²) in [6, 6.07) is 13.3. The molecule has 25 heavy (non-hydrogen) atoms. The fourth-order valence-electron chi connectivity index (χ4n) is 4.95. The first-order valence-electron chi connectivity index (χ1n) is 8.77. The molecular weight excluding hydrogens is 334 g/mol. The predicted molar refractivity (Wildman–Crippen MR) is 99.9 cm³/mol. The fourth-order valence-corrected chi connectivity index (χ4v) is 6.86. The summed E-state index contributed by atoms with van der Waals surface area (Å²) in [5, 5.41) is 1.85. The van der Waals surface area contributed by atoms with Crippen molar-refractivity contribution in [1.82, 2.24) is 0 Å². The molecule has 132 valence electrons. The van der Waals surface area contributed by atoms with Crippen LogP contribution in [0.4, 0.5) is 5.69 Å². The summed E-state index contributed by atoms with van der Waals surface area (Å²) < 4.78 is 28.6. The van der Waals surface area contributed by atoms with Crippen LogP contribution in [-0.2, 0) is 14.8 Å². The van der Waals surface area contributed by atoms with Crippen molar-refractivity contribution in [1.29, 1.82) is 0 Å². The van der Waals surface area contributed by atoms with Gasteiger partial charge in [0.25, 0.3) is 0 Å². The normalized spacial score (nSPS) is 27.8. The molecule has 4 rings (SSSR count). The van der Waals surface area contributed by atoms with Crippen molar-refractivity contribution < 1.29 is 13.2 Å². The highest BCUT2D eigenvalue weighted by Crippen LogP contribution is 2.64. The second-order valence-corrected chi connectivity index (χ2v) is 9.78. The Balaban J connectivity index is 1.68. The van der Waals surface area contributed by atoms with E-state index in [0.717, 1.165) is 17.2 Å². The molecule has 0 saturated heterocycles. The summed E-state index contributed by atoms with van der Waals surface area (Å²) in [6.45, 7) is 4.12. The lowest BCUT2D eigenvalue weighted by Crippen LogP contribution is -2.43. The third-order valence-corrected chi connectivity index (χ3v) is 8.03. The van der Waals surface area contributed by atoms with Crippen LogP contribution in [0, 0.1) is 16.7 Å². The Kier molecular flexibility index (Phi) is 3.52. The van der Waals surface area contributed by atoms with Crippen LogP contribution in [0.1, 0.15) is 33.1 Å². The van der Waals surface area contributed by atoms with Crippen molar-refractivity contribution in [2.45, 2.75) is 33.1 Å².